The summed E-state index contributed by atoms with van der Waals surface area (Å²) in [5, 5.41) is 12.9. The van der Waals surface area contributed by atoms with E-state index in [2.05, 4.69) is 25.6 Å². The minimum atomic E-state index is -0.405. The molecule has 3 aromatic rings. The zero-order chi connectivity index (χ0) is 15.5. The molecule has 2 aromatic heterocycles. The third-order valence-corrected chi connectivity index (χ3v) is 3.22. The molecule has 3 rings (SSSR count). The number of carbonyl (C=O) groups is 1. The van der Waals surface area contributed by atoms with Crippen molar-refractivity contribution in [1.29, 1.82) is 0 Å². The number of hydrogen-bond donors (Lipinski definition) is 3. The van der Waals surface area contributed by atoms with E-state index in [4.69, 9.17) is 0 Å². The lowest BCUT2D eigenvalue weighted by Crippen LogP contribution is -2.24. The fraction of sp³-hybridized carbons (Fsp3) is 0.143. The Balaban J connectivity index is 1.76. The summed E-state index contributed by atoms with van der Waals surface area (Å²) in [5.41, 5.74) is 1.69. The lowest BCUT2D eigenvalue weighted by atomic mass is 10.2. The highest BCUT2D eigenvalue weighted by Gasteiger charge is 2.15. The Hall–Kier alpha value is -3.16. The molecule has 0 radical (unpaired) electrons. The van der Waals surface area contributed by atoms with Crippen LogP contribution in [0.5, 0.6) is 0 Å². The Morgan fingerprint density at radius 3 is 2.77 bits per heavy atom. The summed E-state index contributed by atoms with van der Waals surface area (Å²) in [6.45, 7) is 1.96. The zero-order valence-corrected chi connectivity index (χ0v) is 11.8. The van der Waals surface area contributed by atoms with Crippen LogP contribution in [0.1, 0.15) is 21.9 Å². The predicted octanol–water partition coefficient (Wildman–Crippen LogP) is 0.522. The number of H-pyrrole nitrogens is 2. The molecule has 0 saturated carbocycles. The van der Waals surface area contributed by atoms with Crippen molar-refractivity contribution in [3.8, 4) is 5.69 Å². The molecule has 0 unspecified atom stereocenters. The van der Waals surface area contributed by atoms with E-state index in [1.165, 1.54) is 6.20 Å². The number of aromatic nitrogens is 5. The number of hydrogen-bond acceptors (Lipinski definition) is 4. The van der Waals surface area contributed by atoms with Gasteiger partial charge in [0.1, 0.15) is 5.82 Å². The van der Waals surface area contributed by atoms with E-state index in [-0.39, 0.29) is 12.5 Å². The maximum Gasteiger partial charge on any atom is 0.340 e. The first-order chi connectivity index (χ1) is 10.6. The van der Waals surface area contributed by atoms with Crippen LogP contribution in [0.25, 0.3) is 5.69 Å². The zero-order valence-electron chi connectivity index (χ0n) is 11.8. The van der Waals surface area contributed by atoms with Crippen molar-refractivity contribution in [2.45, 2.75) is 13.5 Å². The third kappa shape index (κ3) is 2.66. The van der Waals surface area contributed by atoms with Crippen LogP contribution in [0, 0.1) is 6.92 Å². The average molecular weight is 298 g/mol. The van der Waals surface area contributed by atoms with Gasteiger partial charge in [-0.05, 0) is 19.1 Å². The molecule has 1 aromatic carbocycles. The monoisotopic (exact) mass is 298 g/mol. The third-order valence-electron chi connectivity index (χ3n) is 3.22. The lowest BCUT2D eigenvalue weighted by Gasteiger charge is -2.05. The van der Waals surface area contributed by atoms with E-state index in [1.807, 2.05) is 37.3 Å². The van der Waals surface area contributed by atoms with E-state index in [0.29, 0.717) is 11.4 Å². The van der Waals surface area contributed by atoms with Crippen LogP contribution in [0.3, 0.4) is 0 Å². The van der Waals surface area contributed by atoms with Gasteiger partial charge in [0.2, 0.25) is 0 Å². The molecule has 112 valence electrons. The van der Waals surface area contributed by atoms with E-state index < -0.39 is 5.69 Å². The van der Waals surface area contributed by atoms with Crippen LogP contribution in [0.4, 0.5) is 0 Å². The maximum atomic E-state index is 12.2. The van der Waals surface area contributed by atoms with Gasteiger partial charge in [-0.15, -0.1) is 0 Å². The van der Waals surface area contributed by atoms with Crippen LogP contribution in [0.15, 0.2) is 41.3 Å². The number of nitrogens with one attached hydrogen (secondary N) is 3. The summed E-state index contributed by atoms with van der Waals surface area (Å²) in [4.78, 5) is 25.6. The first kappa shape index (κ1) is 13.8. The lowest BCUT2D eigenvalue weighted by molar-refractivity contribution is 0.0949. The Kier molecular flexibility index (Phi) is 3.57. The minimum absolute atomic E-state index is 0.132. The molecule has 8 nitrogen and oxygen atoms in total. The highest BCUT2D eigenvalue weighted by molar-refractivity contribution is 5.95. The highest BCUT2D eigenvalue weighted by atomic mass is 16.2. The molecular formula is C14H14N6O2. The molecule has 3 N–H and O–H groups in total. The second-order valence-corrected chi connectivity index (χ2v) is 4.70. The van der Waals surface area contributed by atoms with Gasteiger partial charge in [0.15, 0.2) is 0 Å². The van der Waals surface area contributed by atoms with Crippen LogP contribution in [-0.2, 0) is 6.54 Å². The summed E-state index contributed by atoms with van der Waals surface area (Å²) >= 11 is 0. The number of nitrogens with zero attached hydrogens (tertiary/aromatic N) is 3. The standard InChI is InChI=1S/C14H14N6O2/c1-9-11(7-16-20(9)10-5-3-2-4-6-10)13(21)15-8-12-17-14(22)19-18-12/h2-7H,8H2,1H3,(H,15,21)(H2,17,18,19,22). The first-order valence-electron chi connectivity index (χ1n) is 6.67. The second kappa shape index (κ2) is 5.68. The number of amides is 1. The molecule has 0 saturated heterocycles. The Morgan fingerprint density at radius 2 is 2.09 bits per heavy atom. The van der Waals surface area contributed by atoms with Gasteiger partial charge in [0.05, 0.1) is 29.7 Å². The van der Waals surface area contributed by atoms with Gasteiger partial charge < -0.3 is 5.32 Å². The Labute approximate surface area is 125 Å². The predicted molar refractivity (Wildman–Crippen MR) is 78.7 cm³/mol. The molecule has 0 bridgehead atoms. The fourth-order valence-corrected chi connectivity index (χ4v) is 2.11. The first-order valence-corrected chi connectivity index (χ1v) is 6.67. The molecule has 0 fully saturated rings. The van der Waals surface area contributed by atoms with Crippen LogP contribution in [-0.4, -0.2) is 30.9 Å². The van der Waals surface area contributed by atoms with Crippen LogP contribution in [0.2, 0.25) is 0 Å². The second-order valence-electron chi connectivity index (χ2n) is 4.70. The van der Waals surface area contributed by atoms with Gasteiger partial charge in [0, 0.05) is 0 Å². The molecular weight excluding hydrogens is 284 g/mol. The maximum absolute atomic E-state index is 12.2. The molecule has 0 aliphatic heterocycles. The smallest absolute Gasteiger partial charge is 0.340 e. The molecule has 2 heterocycles. The molecule has 1 amide bonds. The van der Waals surface area contributed by atoms with E-state index >= 15 is 0 Å². The summed E-state index contributed by atoms with van der Waals surface area (Å²) in [5.74, 6) is 0.0926. The van der Waals surface area contributed by atoms with E-state index in [0.717, 1.165) is 11.4 Å². The highest BCUT2D eigenvalue weighted by Crippen LogP contribution is 2.13. The minimum Gasteiger partial charge on any atom is -0.345 e. The number of carbonyl (C=O) groups excluding carboxylic acids is 1. The number of rotatable bonds is 4. The largest absolute Gasteiger partial charge is 0.345 e. The van der Waals surface area contributed by atoms with Crippen molar-refractivity contribution in [2.75, 3.05) is 0 Å². The van der Waals surface area contributed by atoms with Crippen molar-refractivity contribution in [2.24, 2.45) is 0 Å². The number of benzene rings is 1. The summed E-state index contributed by atoms with van der Waals surface area (Å²) < 4.78 is 1.70. The number of aromatic amines is 2. The summed E-state index contributed by atoms with van der Waals surface area (Å²) in [6, 6.07) is 9.56. The van der Waals surface area contributed by atoms with E-state index in [1.54, 1.807) is 4.68 Å². The number of para-hydroxylation sites is 1. The summed E-state index contributed by atoms with van der Waals surface area (Å²) in [6.07, 6.45) is 1.52. The topological polar surface area (TPSA) is 108 Å². The molecule has 8 heteroatoms. The molecule has 0 atom stereocenters. The molecule has 0 aliphatic carbocycles. The quantitative estimate of drug-likeness (QED) is 0.652. The summed E-state index contributed by atoms with van der Waals surface area (Å²) in [7, 11) is 0. The van der Waals surface area contributed by atoms with Gasteiger partial charge >= 0.3 is 5.69 Å². The average Bonchev–Trinajstić information content (AvgIpc) is 3.12. The van der Waals surface area contributed by atoms with Crippen molar-refractivity contribution >= 4 is 5.91 Å². The van der Waals surface area contributed by atoms with Crippen LogP contribution >= 0.6 is 0 Å². The van der Waals surface area contributed by atoms with Gasteiger partial charge in [0.25, 0.3) is 5.91 Å². The molecule has 22 heavy (non-hydrogen) atoms. The molecule has 0 spiro atoms. The Bertz CT molecular complexity index is 846. The van der Waals surface area contributed by atoms with Gasteiger partial charge in [-0.25, -0.2) is 14.6 Å². The van der Waals surface area contributed by atoms with E-state index in [9.17, 15) is 9.59 Å². The van der Waals surface area contributed by atoms with Crippen molar-refractivity contribution in [1.82, 2.24) is 30.3 Å². The Morgan fingerprint density at radius 1 is 1.32 bits per heavy atom. The van der Waals surface area contributed by atoms with Crippen LogP contribution < -0.4 is 11.0 Å². The van der Waals surface area contributed by atoms with Crippen molar-refractivity contribution in [3.63, 3.8) is 0 Å². The van der Waals surface area contributed by atoms with Gasteiger partial charge in [-0.3, -0.25) is 9.78 Å². The SMILES string of the molecule is Cc1c(C(=O)NCc2n[nH]c(=O)[nH]2)cnn1-c1ccccc1. The van der Waals surface area contributed by atoms with Gasteiger partial charge in [-0.1, -0.05) is 18.2 Å². The van der Waals surface area contributed by atoms with Crippen molar-refractivity contribution < 1.29 is 4.79 Å². The molecule has 0 aliphatic rings. The van der Waals surface area contributed by atoms with Gasteiger partial charge in [-0.2, -0.15) is 10.2 Å². The fourth-order valence-electron chi connectivity index (χ4n) is 2.11. The van der Waals surface area contributed by atoms with Crippen molar-refractivity contribution in [3.05, 3.63) is 64.1 Å². The normalized spacial score (nSPS) is 10.6.